The number of ether oxygens (including phenoxy) is 1. The summed E-state index contributed by atoms with van der Waals surface area (Å²) in [4.78, 5) is 11.9. The third-order valence-electron chi connectivity index (χ3n) is 5.96. The molecule has 0 amide bonds. The lowest BCUT2D eigenvalue weighted by molar-refractivity contribution is 0.396. The summed E-state index contributed by atoms with van der Waals surface area (Å²) in [5, 5.41) is 14.1. The van der Waals surface area contributed by atoms with E-state index in [2.05, 4.69) is 42.1 Å². The van der Waals surface area contributed by atoms with Crippen molar-refractivity contribution < 1.29 is 4.74 Å². The Balaban J connectivity index is 1.51. The standard InChI is InChI=1S/C22H23N9O/c1-14-26-27-15(2)31(14)28-12-23-21-25-20(16-8-4-7-11-19(16)32-3)30-18-10-6-5-9-17(18)24-22(30)29(21)13-28/h4-11,20H,12-13H2,1-3H3,(H,23,25)/t20-/m0/s1. The van der Waals surface area contributed by atoms with Crippen LogP contribution in [0.15, 0.2) is 53.5 Å². The summed E-state index contributed by atoms with van der Waals surface area (Å²) in [6.45, 7) is 4.94. The number of aryl methyl sites for hydroxylation is 2. The van der Waals surface area contributed by atoms with Crippen molar-refractivity contribution in [3.63, 3.8) is 0 Å². The predicted octanol–water partition coefficient (Wildman–Crippen LogP) is 2.13. The van der Waals surface area contributed by atoms with Crippen LogP contribution in [-0.2, 0) is 0 Å². The SMILES string of the molecule is COc1ccccc1[C@H]1NC2=NCN(n3c(C)nnc3C)CN2c2nc3ccccc3n21. The van der Waals surface area contributed by atoms with Crippen LogP contribution in [0.3, 0.4) is 0 Å². The van der Waals surface area contributed by atoms with Gasteiger partial charge < -0.3 is 10.1 Å². The molecule has 0 saturated heterocycles. The van der Waals surface area contributed by atoms with E-state index >= 15 is 0 Å². The highest BCUT2D eigenvalue weighted by Gasteiger charge is 2.37. The van der Waals surface area contributed by atoms with Crippen molar-refractivity contribution in [2.75, 3.05) is 30.4 Å². The summed E-state index contributed by atoms with van der Waals surface area (Å²) in [5.74, 6) is 4.07. The monoisotopic (exact) mass is 429 g/mol. The fourth-order valence-corrected chi connectivity index (χ4v) is 4.56. The molecule has 162 valence electrons. The van der Waals surface area contributed by atoms with Crippen molar-refractivity contribution in [2.24, 2.45) is 4.99 Å². The molecule has 0 radical (unpaired) electrons. The first kappa shape index (κ1) is 18.7. The minimum absolute atomic E-state index is 0.200. The number of anilines is 1. The number of hydrogen-bond acceptors (Lipinski definition) is 8. The molecule has 6 rings (SSSR count). The van der Waals surface area contributed by atoms with Crippen molar-refractivity contribution in [2.45, 2.75) is 20.0 Å². The van der Waals surface area contributed by atoms with Crippen LogP contribution in [0, 0.1) is 13.8 Å². The molecule has 32 heavy (non-hydrogen) atoms. The number of benzene rings is 2. The van der Waals surface area contributed by atoms with Crippen LogP contribution in [0.4, 0.5) is 5.95 Å². The Labute approximate surface area is 184 Å². The first-order valence-electron chi connectivity index (χ1n) is 10.5. The molecule has 0 saturated carbocycles. The number of fused-ring (bicyclic) bond motifs is 5. The van der Waals surface area contributed by atoms with Gasteiger partial charge in [-0.15, -0.1) is 10.2 Å². The molecule has 0 unspecified atom stereocenters. The molecule has 4 heterocycles. The van der Waals surface area contributed by atoms with Crippen LogP contribution in [0.2, 0.25) is 0 Å². The molecule has 0 aliphatic carbocycles. The van der Waals surface area contributed by atoms with Crippen LogP contribution < -0.4 is 20.0 Å². The fraction of sp³-hybridized carbons (Fsp3) is 0.273. The molecule has 0 bridgehead atoms. The number of methoxy groups -OCH3 is 1. The molecule has 2 aromatic carbocycles. The number of nitrogens with one attached hydrogen (secondary N) is 1. The van der Waals surface area contributed by atoms with E-state index in [9.17, 15) is 0 Å². The Bertz CT molecular complexity index is 1340. The van der Waals surface area contributed by atoms with Gasteiger partial charge >= 0.3 is 0 Å². The Morgan fingerprint density at radius 1 is 1.00 bits per heavy atom. The van der Waals surface area contributed by atoms with Gasteiger partial charge in [-0.25, -0.2) is 14.7 Å². The number of hydrogen-bond donors (Lipinski definition) is 1. The first-order valence-corrected chi connectivity index (χ1v) is 10.5. The molecular weight excluding hydrogens is 406 g/mol. The van der Waals surface area contributed by atoms with Crippen LogP contribution in [0.5, 0.6) is 5.75 Å². The van der Waals surface area contributed by atoms with Crippen LogP contribution in [0.1, 0.15) is 23.4 Å². The van der Waals surface area contributed by atoms with Crippen molar-refractivity contribution in [1.29, 1.82) is 0 Å². The van der Waals surface area contributed by atoms with Gasteiger partial charge in [0.1, 0.15) is 36.9 Å². The van der Waals surface area contributed by atoms with E-state index in [1.165, 1.54) is 0 Å². The van der Waals surface area contributed by atoms with Gasteiger partial charge in [0.05, 0.1) is 18.1 Å². The van der Waals surface area contributed by atoms with E-state index in [0.29, 0.717) is 13.3 Å². The van der Waals surface area contributed by atoms with E-state index < -0.39 is 0 Å². The van der Waals surface area contributed by atoms with Crippen molar-refractivity contribution in [3.05, 3.63) is 65.7 Å². The van der Waals surface area contributed by atoms with Gasteiger partial charge in [0, 0.05) is 5.56 Å². The number of para-hydroxylation sites is 3. The van der Waals surface area contributed by atoms with Gasteiger partial charge in [-0.05, 0) is 32.0 Å². The predicted molar refractivity (Wildman–Crippen MR) is 121 cm³/mol. The minimum Gasteiger partial charge on any atom is -0.496 e. The average molecular weight is 429 g/mol. The van der Waals surface area contributed by atoms with Gasteiger partial charge in [0.2, 0.25) is 11.9 Å². The van der Waals surface area contributed by atoms with Gasteiger partial charge in [0.15, 0.2) is 0 Å². The summed E-state index contributed by atoms with van der Waals surface area (Å²) < 4.78 is 9.89. The number of rotatable bonds is 3. The highest BCUT2D eigenvalue weighted by atomic mass is 16.5. The molecule has 10 heteroatoms. The number of imidazole rings is 1. The maximum atomic E-state index is 5.68. The number of aromatic nitrogens is 5. The molecule has 4 aromatic rings. The summed E-state index contributed by atoms with van der Waals surface area (Å²) in [5.41, 5.74) is 2.99. The third kappa shape index (κ3) is 2.65. The van der Waals surface area contributed by atoms with E-state index in [0.717, 1.165) is 45.9 Å². The smallest absolute Gasteiger partial charge is 0.217 e. The fourth-order valence-electron chi connectivity index (χ4n) is 4.56. The van der Waals surface area contributed by atoms with Gasteiger partial charge in [-0.3, -0.25) is 14.5 Å². The Morgan fingerprint density at radius 3 is 2.56 bits per heavy atom. The zero-order valence-electron chi connectivity index (χ0n) is 18.1. The van der Waals surface area contributed by atoms with E-state index in [-0.39, 0.29) is 6.17 Å². The van der Waals surface area contributed by atoms with Crippen molar-refractivity contribution in [1.82, 2.24) is 29.7 Å². The topological polar surface area (TPSA) is 88.6 Å². The maximum Gasteiger partial charge on any atom is 0.217 e. The second-order valence-corrected chi connectivity index (χ2v) is 7.86. The lowest BCUT2D eigenvalue weighted by atomic mass is 10.1. The van der Waals surface area contributed by atoms with E-state index in [1.54, 1.807) is 7.11 Å². The van der Waals surface area contributed by atoms with Crippen molar-refractivity contribution in [3.8, 4) is 5.75 Å². The molecule has 0 fully saturated rings. The highest BCUT2D eigenvalue weighted by molar-refractivity contribution is 5.99. The number of nitrogens with zero attached hydrogens (tertiary/aromatic N) is 8. The van der Waals surface area contributed by atoms with Gasteiger partial charge in [0.25, 0.3) is 0 Å². The van der Waals surface area contributed by atoms with Crippen LogP contribution >= 0.6 is 0 Å². The first-order chi connectivity index (χ1) is 15.7. The minimum atomic E-state index is -0.200. The molecule has 2 aliphatic heterocycles. The lowest BCUT2D eigenvalue weighted by Gasteiger charge is -2.42. The Kier molecular flexibility index (Phi) is 4.07. The number of aliphatic imine (C=N–C) groups is 1. The van der Waals surface area contributed by atoms with Crippen LogP contribution in [0.25, 0.3) is 11.0 Å². The number of guanidine groups is 1. The summed E-state index contributed by atoms with van der Waals surface area (Å²) in [6.07, 6.45) is -0.200. The highest BCUT2D eigenvalue weighted by Crippen LogP contribution is 2.36. The molecule has 0 spiro atoms. The van der Waals surface area contributed by atoms with Crippen molar-refractivity contribution >= 4 is 22.9 Å². The maximum absolute atomic E-state index is 5.68. The normalized spacial score (nSPS) is 17.6. The second-order valence-electron chi connectivity index (χ2n) is 7.86. The average Bonchev–Trinajstić information content (AvgIpc) is 3.38. The quantitative estimate of drug-likeness (QED) is 0.534. The molecule has 2 aromatic heterocycles. The van der Waals surface area contributed by atoms with Gasteiger partial charge in [-0.2, -0.15) is 0 Å². The zero-order chi connectivity index (χ0) is 21.8. The zero-order valence-corrected chi connectivity index (χ0v) is 18.1. The van der Waals surface area contributed by atoms with E-state index in [1.807, 2.05) is 54.9 Å². The Hall–Kier alpha value is -4.08. The summed E-state index contributed by atoms with van der Waals surface area (Å²) in [7, 11) is 1.70. The summed E-state index contributed by atoms with van der Waals surface area (Å²) in [6, 6.07) is 16.2. The molecule has 1 atom stereocenters. The largest absolute Gasteiger partial charge is 0.496 e. The second kappa shape index (κ2) is 6.98. The Morgan fingerprint density at radius 2 is 1.75 bits per heavy atom. The molecular formula is C22H23N9O. The lowest BCUT2D eigenvalue weighted by Crippen LogP contribution is -2.60. The van der Waals surface area contributed by atoms with E-state index in [4.69, 9.17) is 14.7 Å². The molecule has 1 N–H and O–H groups in total. The summed E-state index contributed by atoms with van der Waals surface area (Å²) >= 11 is 0. The molecule has 2 aliphatic rings. The third-order valence-corrected chi connectivity index (χ3v) is 5.96. The molecule has 10 nitrogen and oxygen atoms in total. The van der Waals surface area contributed by atoms with Crippen LogP contribution in [-0.4, -0.2) is 50.8 Å². The van der Waals surface area contributed by atoms with Gasteiger partial charge in [-0.1, -0.05) is 30.3 Å².